The summed E-state index contributed by atoms with van der Waals surface area (Å²) in [6.07, 6.45) is 3.92. The SMILES string of the molecule is CCOc1ccccc1CNC(=O)c1sc2nc(C)cc(C)c2c1-n1cccc1. The van der Waals surface area contributed by atoms with Gasteiger partial charge in [0.15, 0.2) is 0 Å². The second-order valence-electron chi connectivity index (χ2n) is 6.85. The Morgan fingerprint density at radius 1 is 1.17 bits per heavy atom. The molecule has 0 fully saturated rings. The van der Waals surface area contributed by atoms with E-state index in [9.17, 15) is 4.79 Å². The van der Waals surface area contributed by atoms with Crippen molar-refractivity contribution in [3.05, 3.63) is 76.6 Å². The Bertz CT molecular complexity index is 1160. The first-order valence-electron chi connectivity index (χ1n) is 9.61. The summed E-state index contributed by atoms with van der Waals surface area (Å²) in [6, 6.07) is 13.8. The molecule has 0 spiro atoms. The van der Waals surface area contributed by atoms with Crippen LogP contribution in [0.3, 0.4) is 0 Å². The summed E-state index contributed by atoms with van der Waals surface area (Å²) in [6.45, 7) is 6.99. The Balaban J connectivity index is 1.71. The largest absolute Gasteiger partial charge is 0.494 e. The van der Waals surface area contributed by atoms with Crippen molar-refractivity contribution in [3.8, 4) is 11.4 Å². The molecule has 0 aliphatic rings. The first-order valence-corrected chi connectivity index (χ1v) is 10.4. The van der Waals surface area contributed by atoms with Crippen molar-refractivity contribution in [2.45, 2.75) is 27.3 Å². The molecule has 0 bridgehead atoms. The second-order valence-corrected chi connectivity index (χ2v) is 7.85. The number of aryl methyl sites for hydroxylation is 2. The number of hydrogen-bond donors (Lipinski definition) is 1. The number of nitrogens with one attached hydrogen (secondary N) is 1. The molecule has 4 aromatic rings. The van der Waals surface area contributed by atoms with E-state index in [1.54, 1.807) is 0 Å². The van der Waals surface area contributed by atoms with Crippen molar-refractivity contribution in [1.29, 1.82) is 0 Å². The first-order chi connectivity index (χ1) is 14.1. The van der Waals surface area contributed by atoms with Gasteiger partial charge in [-0.3, -0.25) is 4.79 Å². The molecule has 1 amide bonds. The van der Waals surface area contributed by atoms with Gasteiger partial charge in [-0.1, -0.05) is 18.2 Å². The summed E-state index contributed by atoms with van der Waals surface area (Å²) in [5, 5.41) is 4.09. The predicted molar refractivity (Wildman–Crippen MR) is 117 cm³/mol. The van der Waals surface area contributed by atoms with E-state index in [0.717, 1.165) is 38.5 Å². The fourth-order valence-electron chi connectivity index (χ4n) is 3.51. The number of benzene rings is 1. The van der Waals surface area contributed by atoms with Gasteiger partial charge in [0.05, 0.1) is 12.3 Å². The summed E-state index contributed by atoms with van der Waals surface area (Å²) in [7, 11) is 0. The van der Waals surface area contributed by atoms with Gasteiger partial charge >= 0.3 is 0 Å². The number of amides is 1. The topological polar surface area (TPSA) is 56.1 Å². The van der Waals surface area contributed by atoms with Gasteiger partial charge in [-0.15, -0.1) is 11.3 Å². The van der Waals surface area contributed by atoms with Gasteiger partial charge in [0.25, 0.3) is 5.91 Å². The average Bonchev–Trinajstić information content (AvgIpc) is 3.34. The molecular weight excluding hydrogens is 382 g/mol. The van der Waals surface area contributed by atoms with E-state index in [-0.39, 0.29) is 5.91 Å². The first kappa shape index (κ1) is 19.2. The van der Waals surface area contributed by atoms with E-state index in [1.165, 1.54) is 11.3 Å². The molecule has 0 atom stereocenters. The average molecular weight is 406 g/mol. The van der Waals surface area contributed by atoms with E-state index in [1.807, 2.05) is 67.2 Å². The zero-order valence-corrected chi connectivity index (χ0v) is 17.5. The van der Waals surface area contributed by atoms with Crippen LogP contribution in [0.1, 0.15) is 33.4 Å². The molecular formula is C23H23N3O2S. The number of thiophene rings is 1. The number of carbonyl (C=O) groups excluding carboxylic acids is 1. The van der Waals surface area contributed by atoms with Crippen LogP contribution in [0.5, 0.6) is 5.75 Å². The lowest BCUT2D eigenvalue weighted by Crippen LogP contribution is -2.23. The number of hydrogen-bond acceptors (Lipinski definition) is 4. The third-order valence-electron chi connectivity index (χ3n) is 4.74. The molecule has 0 aliphatic carbocycles. The van der Waals surface area contributed by atoms with Crippen molar-refractivity contribution >= 4 is 27.5 Å². The van der Waals surface area contributed by atoms with Crippen LogP contribution < -0.4 is 10.1 Å². The fourth-order valence-corrected chi connectivity index (χ4v) is 4.72. The molecule has 4 rings (SSSR count). The summed E-state index contributed by atoms with van der Waals surface area (Å²) < 4.78 is 7.66. The fraction of sp³-hybridized carbons (Fsp3) is 0.217. The number of fused-ring (bicyclic) bond motifs is 1. The predicted octanol–water partition coefficient (Wildman–Crippen LogP) is 5.03. The molecule has 148 valence electrons. The molecule has 0 radical (unpaired) electrons. The summed E-state index contributed by atoms with van der Waals surface area (Å²) in [5.41, 5.74) is 3.91. The molecule has 0 unspecified atom stereocenters. The molecule has 3 heterocycles. The molecule has 0 saturated heterocycles. The lowest BCUT2D eigenvalue weighted by atomic mass is 10.1. The normalized spacial score (nSPS) is 11.0. The Labute approximate surface area is 174 Å². The monoisotopic (exact) mass is 405 g/mol. The van der Waals surface area contributed by atoms with Crippen LogP contribution in [0.2, 0.25) is 0 Å². The van der Waals surface area contributed by atoms with Gasteiger partial charge in [-0.2, -0.15) is 0 Å². The molecule has 29 heavy (non-hydrogen) atoms. The summed E-state index contributed by atoms with van der Waals surface area (Å²) in [4.78, 5) is 19.4. The maximum absolute atomic E-state index is 13.2. The van der Waals surface area contributed by atoms with Gasteiger partial charge in [0, 0.05) is 35.6 Å². The lowest BCUT2D eigenvalue weighted by molar-refractivity contribution is 0.0955. The molecule has 1 N–H and O–H groups in total. The van der Waals surface area contributed by atoms with Crippen molar-refractivity contribution in [1.82, 2.24) is 14.9 Å². The van der Waals surface area contributed by atoms with Crippen LogP contribution in [0.15, 0.2) is 54.9 Å². The number of para-hydroxylation sites is 1. The van der Waals surface area contributed by atoms with E-state index in [4.69, 9.17) is 4.74 Å². The third kappa shape index (κ3) is 3.76. The minimum atomic E-state index is -0.111. The Morgan fingerprint density at radius 3 is 2.69 bits per heavy atom. The van der Waals surface area contributed by atoms with E-state index in [2.05, 4.69) is 23.3 Å². The van der Waals surface area contributed by atoms with Crippen LogP contribution in [0, 0.1) is 13.8 Å². The van der Waals surface area contributed by atoms with Crippen molar-refractivity contribution in [2.75, 3.05) is 6.61 Å². The maximum atomic E-state index is 13.2. The standard InChI is InChI=1S/C23H23N3O2S/c1-4-28-18-10-6-5-9-17(18)14-24-22(27)21-20(26-11-7-8-12-26)19-15(2)13-16(3)25-23(19)29-21/h5-13H,4,14H2,1-3H3,(H,24,27). The van der Waals surface area contributed by atoms with Crippen LogP contribution in [0.4, 0.5) is 0 Å². The van der Waals surface area contributed by atoms with E-state index in [0.29, 0.717) is 18.0 Å². The number of rotatable bonds is 6. The Morgan fingerprint density at radius 2 is 1.93 bits per heavy atom. The molecule has 3 aromatic heterocycles. The number of pyridine rings is 1. The smallest absolute Gasteiger partial charge is 0.263 e. The third-order valence-corrected chi connectivity index (χ3v) is 5.81. The molecule has 6 heteroatoms. The van der Waals surface area contributed by atoms with E-state index >= 15 is 0 Å². The molecule has 0 saturated carbocycles. The van der Waals surface area contributed by atoms with Gasteiger partial charge in [-0.25, -0.2) is 4.98 Å². The zero-order chi connectivity index (χ0) is 20.4. The highest BCUT2D eigenvalue weighted by atomic mass is 32.1. The van der Waals surface area contributed by atoms with Crippen LogP contribution >= 0.6 is 11.3 Å². The Hall–Kier alpha value is -3.12. The van der Waals surface area contributed by atoms with Crippen molar-refractivity contribution in [2.24, 2.45) is 0 Å². The second kappa shape index (κ2) is 8.09. The van der Waals surface area contributed by atoms with Crippen molar-refractivity contribution in [3.63, 3.8) is 0 Å². The quantitative estimate of drug-likeness (QED) is 0.489. The van der Waals surface area contributed by atoms with Crippen LogP contribution in [-0.4, -0.2) is 22.1 Å². The highest BCUT2D eigenvalue weighted by Crippen LogP contribution is 2.36. The number of carbonyl (C=O) groups is 1. The van der Waals surface area contributed by atoms with Gasteiger partial charge < -0.3 is 14.6 Å². The summed E-state index contributed by atoms with van der Waals surface area (Å²) >= 11 is 1.43. The number of nitrogens with zero attached hydrogens (tertiary/aromatic N) is 2. The minimum absolute atomic E-state index is 0.111. The minimum Gasteiger partial charge on any atom is -0.494 e. The molecule has 5 nitrogen and oxygen atoms in total. The number of ether oxygens (including phenoxy) is 1. The molecule has 1 aromatic carbocycles. The van der Waals surface area contributed by atoms with E-state index < -0.39 is 0 Å². The zero-order valence-electron chi connectivity index (χ0n) is 16.7. The van der Waals surface area contributed by atoms with Crippen molar-refractivity contribution < 1.29 is 9.53 Å². The van der Waals surface area contributed by atoms with Crippen LogP contribution in [0.25, 0.3) is 15.9 Å². The van der Waals surface area contributed by atoms with Gasteiger partial charge in [0.2, 0.25) is 0 Å². The molecule has 0 aliphatic heterocycles. The summed E-state index contributed by atoms with van der Waals surface area (Å²) in [5.74, 6) is 0.686. The highest BCUT2D eigenvalue weighted by molar-refractivity contribution is 7.21. The highest BCUT2D eigenvalue weighted by Gasteiger charge is 2.22. The Kier molecular flexibility index (Phi) is 5.36. The van der Waals surface area contributed by atoms with Crippen LogP contribution in [-0.2, 0) is 6.54 Å². The lowest BCUT2D eigenvalue weighted by Gasteiger charge is -2.11. The number of aromatic nitrogens is 2. The van der Waals surface area contributed by atoms with Gasteiger partial charge in [0.1, 0.15) is 15.5 Å². The maximum Gasteiger partial charge on any atom is 0.263 e. The van der Waals surface area contributed by atoms with Gasteiger partial charge in [-0.05, 0) is 50.6 Å².